The molecule has 6 nitrogen and oxygen atoms in total. The molecule has 7 heteroatoms. The third-order valence-electron chi connectivity index (χ3n) is 4.01. The van der Waals surface area contributed by atoms with Gasteiger partial charge in [-0.05, 0) is 31.9 Å². The summed E-state index contributed by atoms with van der Waals surface area (Å²) in [4.78, 5) is 26.3. The summed E-state index contributed by atoms with van der Waals surface area (Å²) in [6, 6.07) is 3.15. The highest BCUT2D eigenvalue weighted by Crippen LogP contribution is 2.36. The number of piperidine rings is 1. The van der Waals surface area contributed by atoms with Gasteiger partial charge < -0.3 is 19.1 Å². The molecule has 1 aromatic rings. The molecule has 1 aromatic carbocycles. The van der Waals surface area contributed by atoms with Crippen LogP contribution in [0.4, 0.5) is 0 Å². The summed E-state index contributed by atoms with van der Waals surface area (Å²) in [5.74, 6) is 0.0662. The number of rotatable bonds is 5. The van der Waals surface area contributed by atoms with Crippen molar-refractivity contribution in [1.82, 2.24) is 4.90 Å². The second-order valence-electron chi connectivity index (χ2n) is 5.54. The summed E-state index contributed by atoms with van der Waals surface area (Å²) in [6.07, 6.45) is 1.49. The van der Waals surface area contributed by atoms with Gasteiger partial charge in [0.2, 0.25) is 0 Å². The van der Waals surface area contributed by atoms with Crippen molar-refractivity contribution in [3.63, 3.8) is 0 Å². The monoisotopic (exact) mass is 355 g/mol. The maximum absolute atomic E-state index is 12.8. The van der Waals surface area contributed by atoms with Crippen LogP contribution in [0.2, 0.25) is 5.02 Å². The number of hydrogen-bond acceptors (Lipinski definition) is 5. The van der Waals surface area contributed by atoms with E-state index in [2.05, 4.69) is 0 Å². The van der Waals surface area contributed by atoms with Gasteiger partial charge in [-0.2, -0.15) is 0 Å². The Balaban J connectivity index is 2.19. The number of halogens is 1. The van der Waals surface area contributed by atoms with Gasteiger partial charge in [0.05, 0.1) is 31.8 Å². The molecule has 2 rings (SSSR count). The number of carbonyl (C=O) groups excluding carboxylic acids is 2. The molecular weight excluding hydrogens is 334 g/mol. The largest absolute Gasteiger partial charge is 0.493 e. The van der Waals surface area contributed by atoms with Crippen LogP contribution >= 0.6 is 11.6 Å². The van der Waals surface area contributed by atoms with Crippen molar-refractivity contribution in [2.24, 2.45) is 5.92 Å². The Morgan fingerprint density at radius 2 is 2.04 bits per heavy atom. The lowest BCUT2D eigenvalue weighted by atomic mass is 9.97. The summed E-state index contributed by atoms with van der Waals surface area (Å²) in [5.41, 5.74) is 0.405. The first-order valence-electron chi connectivity index (χ1n) is 7.89. The molecule has 0 aliphatic carbocycles. The zero-order valence-electron chi connectivity index (χ0n) is 14.1. The molecule has 0 unspecified atom stereocenters. The lowest BCUT2D eigenvalue weighted by Crippen LogP contribution is -2.42. The second kappa shape index (κ2) is 8.24. The van der Waals surface area contributed by atoms with E-state index in [4.69, 9.17) is 25.8 Å². The van der Waals surface area contributed by atoms with Gasteiger partial charge in [-0.1, -0.05) is 11.6 Å². The first-order chi connectivity index (χ1) is 11.5. The first-order valence-corrected chi connectivity index (χ1v) is 8.27. The predicted octanol–water partition coefficient (Wildman–Crippen LogP) is 2.77. The average Bonchev–Trinajstić information content (AvgIpc) is 2.60. The zero-order valence-corrected chi connectivity index (χ0v) is 14.9. The zero-order chi connectivity index (χ0) is 17.7. The standard InChI is InChI=1S/C17H22ClNO5/c1-4-24-17(21)11-6-5-7-19(10-11)16(20)12-8-13(18)15(23-3)14(9-12)22-2/h8-9,11H,4-7,10H2,1-3H3/t11-/m1/s1. The Bertz CT molecular complexity index is 619. The van der Waals surface area contributed by atoms with Gasteiger partial charge in [0.1, 0.15) is 0 Å². The van der Waals surface area contributed by atoms with Crippen LogP contribution < -0.4 is 9.47 Å². The van der Waals surface area contributed by atoms with E-state index in [1.165, 1.54) is 14.2 Å². The Morgan fingerprint density at radius 3 is 2.67 bits per heavy atom. The van der Waals surface area contributed by atoms with Crippen LogP contribution in [0.15, 0.2) is 12.1 Å². The van der Waals surface area contributed by atoms with Gasteiger partial charge in [0.15, 0.2) is 11.5 Å². The number of carbonyl (C=O) groups is 2. The molecule has 1 aliphatic rings. The number of hydrogen-bond donors (Lipinski definition) is 0. The van der Waals surface area contributed by atoms with Crippen molar-refractivity contribution in [2.45, 2.75) is 19.8 Å². The van der Waals surface area contributed by atoms with E-state index < -0.39 is 0 Å². The third kappa shape index (κ3) is 3.93. The molecule has 0 N–H and O–H groups in total. The highest BCUT2D eigenvalue weighted by Gasteiger charge is 2.30. The summed E-state index contributed by atoms with van der Waals surface area (Å²) in [7, 11) is 2.97. The van der Waals surface area contributed by atoms with Crippen molar-refractivity contribution in [1.29, 1.82) is 0 Å². The molecule has 1 fully saturated rings. The molecule has 0 radical (unpaired) electrons. The van der Waals surface area contributed by atoms with Crippen molar-refractivity contribution in [3.8, 4) is 11.5 Å². The minimum atomic E-state index is -0.279. The van der Waals surface area contributed by atoms with Crippen molar-refractivity contribution in [3.05, 3.63) is 22.7 Å². The molecule has 0 saturated carbocycles. The average molecular weight is 356 g/mol. The van der Waals surface area contributed by atoms with Gasteiger partial charge in [-0.3, -0.25) is 9.59 Å². The van der Waals surface area contributed by atoms with Crippen molar-refractivity contribution >= 4 is 23.5 Å². The first kappa shape index (κ1) is 18.4. The van der Waals surface area contributed by atoms with E-state index in [0.717, 1.165) is 12.8 Å². The van der Waals surface area contributed by atoms with Gasteiger partial charge in [0, 0.05) is 18.7 Å². The maximum atomic E-state index is 12.8. The van der Waals surface area contributed by atoms with Gasteiger partial charge in [0.25, 0.3) is 5.91 Å². The number of esters is 1. The maximum Gasteiger partial charge on any atom is 0.310 e. The smallest absolute Gasteiger partial charge is 0.310 e. The van der Waals surface area contributed by atoms with Crippen LogP contribution in [0.1, 0.15) is 30.1 Å². The van der Waals surface area contributed by atoms with E-state index >= 15 is 0 Å². The van der Waals surface area contributed by atoms with Gasteiger partial charge in [-0.25, -0.2) is 0 Å². The van der Waals surface area contributed by atoms with Crippen molar-refractivity contribution in [2.75, 3.05) is 33.9 Å². The molecule has 0 aromatic heterocycles. The van der Waals surface area contributed by atoms with E-state index in [-0.39, 0.29) is 17.8 Å². The molecular formula is C17H22ClNO5. The van der Waals surface area contributed by atoms with E-state index in [1.54, 1.807) is 24.0 Å². The third-order valence-corrected chi connectivity index (χ3v) is 4.29. The topological polar surface area (TPSA) is 65.1 Å². The van der Waals surface area contributed by atoms with Gasteiger partial charge in [-0.15, -0.1) is 0 Å². The molecule has 1 aliphatic heterocycles. The van der Waals surface area contributed by atoms with Crippen LogP contribution in [0.5, 0.6) is 11.5 Å². The molecule has 24 heavy (non-hydrogen) atoms. The van der Waals surface area contributed by atoms with Crippen LogP contribution in [0.3, 0.4) is 0 Å². The van der Waals surface area contributed by atoms with E-state index in [1.807, 2.05) is 0 Å². The van der Waals surface area contributed by atoms with E-state index in [9.17, 15) is 9.59 Å². The fourth-order valence-corrected chi connectivity index (χ4v) is 3.13. The van der Waals surface area contributed by atoms with E-state index in [0.29, 0.717) is 41.8 Å². The molecule has 1 amide bonds. The lowest BCUT2D eigenvalue weighted by molar-refractivity contribution is -0.149. The normalized spacial score (nSPS) is 17.3. The summed E-state index contributed by atoms with van der Waals surface area (Å²) < 4.78 is 15.5. The quantitative estimate of drug-likeness (QED) is 0.760. The van der Waals surface area contributed by atoms with Crippen LogP contribution in [-0.2, 0) is 9.53 Å². The molecule has 0 bridgehead atoms. The predicted molar refractivity (Wildman–Crippen MR) is 89.8 cm³/mol. The summed E-state index contributed by atoms with van der Waals surface area (Å²) in [6.45, 7) is 3.06. The number of likely N-dealkylation sites (tertiary alicyclic amines) is 1. The molecule has 1 atom stereocenters. The van der Waals surface area contributed by atoms with Crippen molar-refractivity contribution < 1.29 is 23.8 Å². The Labute approximate surface area is 146 Å². The Kier molecular flexibility index (Phi) is 6.31. The Morgan fingerprint density at radius 1 is 1.29 bits per heavy atom. The Hall–Kier alpha value is -1.95. The highest BCUT2D eigenvalue weighted by molar-refractivity contribution is 6.32. The van der Waals surface area contributed by atoms with Crippen LogP contribution in [-0.4, -0.2) is 50.7 Å². The molecule has 1 saturated heterocycles. The molecule has 132 valence electrons. The number of methoxy groups -OCH3 is 2. The van der Waals surface area contributed by atoms with Crippen LogP contribution in [0, 0.1) is 5.92 Å². The fraction of sp³-hybridized carbons (Fsp3) is 0.529. The number of nitrogens with zero attached hydrogens (tertiary/aromatic N) is 1. The highest BCUT2D eigenvalue weighted by atomic mass is 35.5. The number of ether oxygens (including phenoxy) is 3. The minimum absolute atomic E-state index is 0.188. The number of benzene rings is 1. The van der Waals surface area contributed by atoms with Gasteiger partial charge >= 0.3 is 5.97 Å². The summed E-state index contributed by atoms with van der Waals surface area (Å²) in [5, 5.41) is 0.305. The second-order valence-corrected chi connectivity index (χ2v) is 5.94. The SMILES string of the molecule is CCOC(=O)[C@@H]1CCCN(C(=O)c2cc(Cl)c(OC)c(OC)c2)C1. The minimum Gasteiger partial charge on any atom is -0.493 e. The molecule has 1 heterocycles. The van der Waals surface area contributed by atoms with Crippen LogP contribution in [0.25, 0.3) is 0 Å². The summed E-state index contributed by atoms with van der Waals surface area (Å²) >= 11 is 6.17. The molecule has 0 spiro atoms. The fourth-order valence-electron chi connectivity index (χ4n) is 2.84. The number of amides is 1. The lowest BCUT2D eigenvalue weighted by Gasteiger charge is -2.31.